The summed E-state index contributed by atoms with van der Waals surface area (Å²) in [7, 11) is 0. The van der Waals surface area contributed by atoms with Crippen LogP contribution >= 0.6 is 27.3 Å². The summed E-state index contributed by atoms with van der Waals surface area (Å²) in [5.41, 5.74) is 1.94. The van der Waals surface area contributed by atoms with E-state index in [1.54, 1.807) is 11.3 Å². The van der Waals surface area contributed by atoms with Crippen molar-refractivity contribution in [1.29, 1.82) is 0 Å². The Morgan fingerprint density at radius 3 is 2.70 bits per heavy atom. The van der Waals surface area contributed by atoms with Gasteiger partial charge in [-0.25, -0.2) is 4.79 Å². The molecule has 1 N–H and O–H groups in total. The summed E-state index contributed by atoms with van der Waals surface area (Å²) in [5, 5.41) is 12.3. The Bertz CT molecular complexity index is 937. The maximum atomic E-state index is 12.1. The van der Waals surface area contributed by atoms with E-state index in [1.165, 1.54) is 0 Å². The Morgan fingerprint density at radius 1 is 1.26 bits per heavy atom. The Hall–Kier alpha value is -2.19. The van der Waals surface area contributed by atoms with Gasteiger partial charge in [-0.2, -0.15) is 0 Å². The first-order chi connectivity index (χ1) is 13.0. The third-order valence-corrected chi connectivity index (χ3v) is 6.58. The van der Waals surface area contributed by atoms with Gasteiger partial charge in [-0.05, 0) is 35.3 Å². The first-order valence-corrected chi connectivity index (χ1v) is 10.3. The predicted molar refractivity (Wildman–Crippen MR) is 109 cm³/mol. The molecule has 0 fully saturated rings. The molecule has 0 aliphatic carbocycles. The number of aryl methyl sites for hydroxylation is 3. The number of carbonyl (C=O) groups excluding carboxylic acids is 1. The maximum absolute atomic E-state index is 12.1. The van der Waals surface area contributed by atoms with Gasteiger partial charge < -0.3 is 10.1 Å². The molecule has 3 rings (SSSR count). The lowest BCUT2D eigenvalue weighted by Crippen LogP contribution is -2.24. The van der Waals surface area contributed by atoms with Crippen molar-refractivity contribution < 1.29 is 9.53 Å². The number of alkyl carbamates (subject to hydrolysis) is 1. The first-order valence-electron chi connectivity index (χ1n) is 8.64. The van der Waals surface area contributed by atoms with Crippen molar-refractivity contribution in [3.8, 4) is 5.00 Å². The average molecular weight is 449 g/mol. The number of thiophene rings is 1. The van der Waals surface area contributed by atoms with Crippen molar-refractivity contribution in [2.75, 3.05) is 0 Å². The van der Waals surface area contributed by atoms with E-state index in [4.69, 9.17) is 4.74 Å². The molecule has 6 nitrogen and oxygen atoms in total. The van der Waals surface area contributed by atoms with Crippen molar-refractivity contribution in [3.63, 3.8) is 0 Å². The van der Waals surface area contributed by atoms with E-state index in [0.717, 1.165) is 43.5 Å². The minimum Gasteiger partial charge on any atom is -0.445 e. The molecule has 0 radical (unpaired) electrons. The molecule has 3 aromatic rings. The van der Waals surface area contributed by atoms with Crippen LogP contribution in [0.25, 0.3) is 5.00 Å². The lowest BCUT2D eigenvalue weighted by Gasteiger charge is -2.11. The minimum absolute atomic E-state index is 0.244. The second-order valence-electron chi connectivity index (χ2n) is 6.02. The SMILES string of the molecule is CCc1nnc(C)n1-c1sc(C)c(Br)c1CNC(=O)OCc1ccccc1. The molecule has 1 amide bonds. The number of hydrogen-bond acceptors (Lipinski definition) is 5. The molecule has 0 aliphatic heterocycles. The van der Waals surface area contributed by atoms with Gasteiger partial charge in [-0.1, -0.05) is 37.3 Å². The van der Waals surface area contributed by atoms with Crippen LogP contribution in [-0.2, 0) is 24.3 Å². The highest BCUT2D eigenvalue weighted by Gasteiger charge is 2.20. The van der Waals surface area contributed by atoms with Crippen LogP contribution in [0.3, 0.4) is 0 Å². The summed E-state index contributed by atoms with van der Waals surface area (Å²) in [6.45, 7) is 6.62. The van der Waals surface area contributed by atoms with E-state index in [-0.39, 0.29) is 6.61 Å². The number of rotatable bonds is 6. The molecule has 142 valence electrons. The fraction of sp³-hybridized carbons (Fsp3) is 0.316. The molecule has 2 aromatic heterocycles. The summed E-state index contributed by atoms with van der Waals surface area (Å²) in [4.78, 5) is 13.3. The number of nitrogens with zero attached hydrogens (tertiary/aromatic N) is 3. The van der Waals surface area contributed by atoms with E-state index in [2.05, 4.69) is 36.0 Å². The number of hydrogen-bond donors (Lipinski definition) is 1. The molecule has 0 saturated heterocycles. The molecular weight excluding hydrogens is 428 g/mol. The number of amides is 1. The number of benzene rings is 1. The smallest absolute Gasteiger partial charge is 0.407 e. The second-order valence-corrected chi connectivity index (χ2v) is 8.02. The fourth-order valence-corrected chi connectivity index (χ4v) is 4.56. The molecule has 0 unspecified atom stereocenters. The van der Waals surface area contributed by atoms with Gasteiger partial charge in [0, 0.05) is 21.3 Å². The van der Waals surface area contributed by atoms with E-state index in [1.807, 2.05) is 51.1 Å². The van der Waals surface area contributed by atoms with Crippen LogP contribution in [0.5, 0.6) is 0 Å². The highest BCUT2D eigenvalue weighted by atomic mass is 79.9. The third-order valence-electron chi connectivity index (χ3n) is 4.12. The summed E-state index contributed by atoms with van der Waals surface area (Å²) in [6, 6.07) is 9.61. The van der Waals surface area contributed by atoms with Gasteiger partial charge in [-0.3, -0.25) is 4.57 Å². The molecule has 0 atom stereocenters. The largest absolute Gasteiger partial charge is 0.445 e. The van der Waals surface area contributed by atoms with Crippen LogP contribution in [0.2, 0.25) is 0 Å². The van der Waals surface area contributed by atoms with Crippen molar-refractivity contribution in [1.82, 2.24) is 20.1 Å². The normalized spacial score (nSPS) is 10.8. The van der Waals surface area contributed by atoms with Crippen LogP contribution in [0.4, 0.5) is 4.79 Å². The standard InChI is InChI=1S/C19H21BrN4O2S/c1-4-16-23-22-13(3)24(16)18-15(17(20)12(2)27-18)10-21-19(25)26-11-14-8-6-5-7-9-14/h5-9H,4,10-11H2,1-3H3,(H,21,25). The number of nitrogens with one attached hydrogen (secondary N) is 1. The molecular formula is C19H21BrN4O2S. The van der Waals surface area contributed by atoms with E-state index in [0.29, 0.717) is 6.54 Å². The molecule has 1 aromatic carbocycles. The fourth-order valence-electron chi connectivity index (χ4n) is 2.73. The lowest BCUT2D eigenvalue weighted by atomic mass is 10.2. The summed E-state index contributed by atoms with van der Waals surface area (Å²) < 4.78 is 8.34. The van der Waals surface area contributed by atoms with Gasteiger partial charge in [0.15, 0.2) is 0 Å². The zero-order valence-electron chi connectivity index (χ0n) is 15.5. The predicted octanol–water partition coefficient (Wildman–Crippen LogP) is 4.70. The van der Waals surface area contributed by atoms with Crippen LogP contribution in [0.1, 0.15) is 34.6 Å². The zero-order chi connectivity index (χ0) is 19.4. The van der Waals surface area contributed by atoms with Crippen LogP contribution in [0.15, 0.2) is 34.8 Å². The quantitative estimate of drug-likeness (QED) is 0.593. The number of carbonyl (C=O) groups is 1. The molecule has 0 spiro atoms. The van der Waals surface area contributed by atoms with Gasteiger partial charge in [-0.15, -0.1) is 21.5 Å². The van der Waals surface area contributed by atoms with Gasteiger partial charge in [0.2, 0.25) is 0 Å². The van der Waals surface area contributed by atoms with Gasteiger partial charge in [0.25, 0.3) is 0 Å². The maximum Gasteiger partial charge on any atom is 0.407 e. The second kappa shape index (κ2) is 8.67. The van der Waals surface area contributed by atoms with Gasteiger partial charge >= 0.3 is 6.09 Å². The number of halogens is 1. The Balaban J connectivity index is 1.73. The van der Waals surface area contributed by atoms with Crippen LogP contribution in [0, 0.1) is 13.8 Å². The first kappa shape index (κ1) is 19.6. The van der Waals surface area contributed by atoms with E-state index < -0.39 is 6.09 Å². The highest BCUT2D eigenvalue weighted by Crippen LogP contribution is 2.36. The van der Waals surface area contributed by atoms with Crippen molar-refractivity contribution >= 4 is 33.4 Å². The summed E-state index contributed by atoms with van der Waals surface area (Å²) >= 11 is 5.30. The molecule has 0 bridgehead atoms. The summed E-state index contributed by atoms with van der Waals surface area (Å²) in [5.74, 6) is 1.72. The number of aromatic nitrogens is 3. The van der Waals surface area contributed by atoms with Crippen molar-refractivity contribution in [3.05, 3.63) is 62.5 Å². The topological polar surface area (TPSA) is 69.0 Å². The third kappa shape index (κ3) is 4.39. The Kier molecular flexibility index (Phi) is 6.28. The molecule has 2 heterocycles. The number of ether oxygens (including phenoxy) is 1. The molecule has 0 saturated carbocycles. The lowest BCUT2D eigenvalue weighted by molar-refractivity contribution is 0.139. The monoisotopic (exact) mass is 448 g/mol. The molecule has 8 heteroatoms. The average Bonchev–Trinajstić information content (AvgIpc) is 3.18. The van der Waals surface area contributed by atoms with Gasteiger partial charge in [0.05, 0.1) is 6.54 Å². The Labute approximate surface area is 170 Å². The molecule has 0 aliphatic rings. The molecule has 27 heavy (non-hydrogen) atoms. The van der Waals surface area contributed by atoms with E-state index >= 15 is 0 Å². The van der Waals surface area contributed by atoms with E-state index in [9.17, 15) is 4.79 Å². The minimum atomic E-state index is -0.447. The summed E-state index contributed by atoms with van der Waals surface area (Å²) in [6.07, 6.45) is 0.332. The Morgan fingerprint density at radius 2 is 2.00 bits per heavy atom. The van der Waals surface area contributed by atoms with Crippen molar-refractivity contribution in [2.45, 2.75) is 40.3 Å². The zero-order valence-corrected chi connectivity index (χ0v) is 17.9. The highest BCUT2D eigenvalue weighted by molar-refractivity contribution is 9.10. The van der Waals surface area contributed by atoms with Gasteiger partial charge in [0.1, 0.15) is 23.3 Å². The van der Waals surface area contributed by atoms with Crippen molar-refractivity contribution in [2.24, 2.45) is 0 Å². The van der Waals surface area contributed by atoms with Crippen LogP contribution in [-0.4, -0.2) is 20.9 Å². The van der Waals surface area contributed by atoms with Crippen LogP contribution < -0.4 is 5.32 Å².